The molecule has 2 amide bonds. The lowest BCUT2D eigenvalue weighted by Gasteiger charge is -2.30. The molecule has 3 rings (SSSR count). The van der Waals surface area contributed by atoms with E-state index in [0.29, 0.717) is 19.4 Å². The Hall–Kier alpha value is -2.20. The minimum Gasteiger partial charge on any atom is -0.355 e. The zero-order valence-electron chi connectivity index (χ0n) is 17.3. The van der Waals surface area contributed by atoms with Crippen LogP contribution in [0.2, 0.25) is 10.0 Å². The number of piperidine rings is 1. The third-order valence-electron chi connectivity index (χ3n) is 5.23. The third kappa shape index (κ3) is 6.41. The molecule has 1 fully saturated rings. The quantitative estimate of drug-likeness (QED) is 0.581. The van der Waals surface area contributed by atoms with Gasteiger partial charge in [-0.2, -0.15) is 4.31 Å². The first-order valence-electron chi connectivity index (χ1n) is 10.2. The van der Waals surface area contributed by atoms with Crippen LogP contribution >= 0.6 is 23.2 Å². The molecular weight excluding hydrogens is 475 g/mol. The SMILES string of the molecule is O=C(CCNC(=O)C1CCN(S(=O)(=O)c2cc(Cl)ccc2Cl)CC1)NCc1ccncc1. The van der Waals surface area contributed by atoms with Crippen molar-refractivity contribution in [3.63, 3.8) is 0 Å². The largest absolute Gasteiger partial charge is 0.355 e. The van der Waals surface area contributed by atoms with Crippen molar-refractivity contribution in [1.29, 1.82) is 0 Å². The molecule has 0 bridgehead atoms. The van der Waals surface area contributed by atoms with Gasteiger partial charge in [0, 0.05) is 55.9 Å². The van der Waals surface area contributed by atoms with Crippen LogP contribution in [0.1, 0.15) is 24.8 Å². The summed E-state index contributed by atoms with van der Waals surface area (Å²) in [6, 6.07) is 7.94. The number of carbonyl (C=O) groups is 2. The molecule has 2 N–H and O–H groups in total. The van der Waals surface area contributed by atoms with E-state index in [0.717, 1.165) is 5.56 Å². The normalized spacial score (nSPS) is 15.3. The molecule has 1 aliphatic rings. The number of nitrogens with one attached hydrogen (secondary N) is 2. The summed E-state index contributed by atoms with van der Waals surface area (Å²) in [5, 5.41) is 5.95. The van der Waals surface area contributed by atoms with Crippen molar-refractivity contribution in [1.82, 2.24) is 19.9 Å². The molecule has 2 aromatic rings. The number of benzene rings is 1. The molecule has 1 aromatic carbocycles. The minimum atomic E-state index is -3.79. The van der Waals surface area contributed by atoms with Gasteiger partial charge in [0.2, 0.25) is 21.8 Å². The average molecular weight is 499 g/mol. The highest BCUT2D eigenvalue weighted by molar-refractivity contribution is 7.89. The Kier molecular flexibility index (Phi) is 8.47. The summed E-state index contributed by atoms with van der Waals surface area (Å²) in [6.45, 7) is 1.03. The van der Waals surface area contributed by atoms with Crippen molar-refractivity contribution < 1.29 is 18.0 Å². The Bertz CT molecular complexity index is 1060. The molecule has 32 heavy (non-hydrogen) atoms. The van der Waals surface area contributed by atoms with E-state index in [2.05, 4.69) is 15.6 Å². The number of rotatable bonds is 8. The van der Waals surface area contributed by atoms with Crippen molar-refractivity contribution in [2.24, 2.45) is 5.92 Å². The van der Waals surface area contributed by atoms with Crippen molar-refractivity contribution in [2.45, 2.75) is 30.7 Å². The number of hydrogen-bond donors (Lipinski definition) is 2. The maximum absolute atomic E-state index is 12.9. The Morgan fingerprint density at radius 2 is 1.75 bits per heavy atom. The van der Waals surface area contributed by atoms with Crippen LogP contribution in [-0.2, 0) is 26.2 Å². The van der Waals surface area contributed by atoms with Crippen LogP contribution in [0.4, 0.5) is 0 Å². The lowest BCUT2D eigenvalue weighted by molar-refractivity contribution is -0.126. The zero-order chi connectivity index (χ0) is 23.1. The highest BCUT2D eigenvalue weighted by atomic mass is 35.5. The van der Waals surface area contributed by atoms with Gasteiger partial charge in [-0.05, 0) is 48.7 Å². The van der Waals surface area contributed by atoms with Crippen LogP contribution in [0, 0.1) is 5.92 Å². The summed E-state index contributed by atoms with van der Waals surface area (Å²) < 4.78 is 27.1. The minimum absolute atomic E-state index is 0.0349. The number of carbonyl (C=O) groups excluding carboxylic acids is 2. The van der Waals surface area contributed by atoms with Gasteiger partial charge >= 0.3 is 0 Å². The molecule has 0 saturated carbocycles. The fraction of sp³-hybridized carbons (Fsp3) is 0.381. The van der Waals surface area contributed by atoms with Gasteiger partial charge in [-0.15, -0.1) is 0 Å². The first-order valence-corrected chi connectivity index (χ1v) is 12.4. The van der Waals surface area contributed by atoms with Gasteiger partial charge in [0.05, 0.1) is 5.02 Å². The second-order valence-corrected chi connectivity index (χ2v) is 10.2. The van der Waals surface area contributed by atoms with E-state index in [9.17, 15) is 18.0 Å². The molecular formula is C21H24Cl2N4O4S. The van der Waals surface area contributed by atoms with Crippen molar-refractivity contribution in [3.05, 3.63) is 58.3 Å². The summed E-state index contributed by atoms with van der Waals surface area (Å²) in [4.78, 5) is 28.3. The highest BCUT2D eigenvalue weighted by Crippen LogP contribution is 2.30. The van der Waals surface area contributed by atoms with Crippen LogP contribution in [0.15, 0.2) is 47.6 Å². The van der Waals surface area contributed by atoms with Gasteiger partial charge in [0.25, 0.3) is 0 Å². The van der Waals surface area contributed by atoms with E-state index in [4.69, 9.17) is 23.2 Å². The van der Waals surface area contributed by atoms with Crippen LogP contribution in [-0.4, -0.2) is 49.2 Å². The Morgan fingerprint density at radius 3 is 2.44 bits per heavy atom. The van der Waals surface area contributed by atoms with E-state index in [-0.39, 0.29) is 58.7 Å². The van der Waals surface area contributed by atoms with E-state index in [1.165, 1.54) is 22.5 Å². The Balaban J connectivity index is 1.42. The predicted octanol–water partition coefficient (Wildman–Crippen LogP) is 2.61. The number of hydrogen-bond acceptors (Lipinski definition) is 5. The number of halogens is 2. The molecule has 172 valence electrons. The summed E-state index contributed by atoms with van der Waals surface area (Å²) in [7, 11) is -3.79. The summed E-state index contributed by atoms with van der Waals surface area (Å²) in [5.41, 5.74) is 0.943. The molecule has 1 aromatic heterocycles. The van der Waals surface area contributed by atoms with Crippen molar-refractivity contribution in [2.75, 3.05) is 19.6 Å². The van der Waals surface area contributed by atoms with E-state index in [1.54, 1.807) is 12.4 Å². The second-order valence-electron chi connectivity index (χ2n) is 7.43. The molecule has 0 spiro atoms. The fourth-order valence-electron chi connectivity index (χ4n) is 3.41. The summed E-state index contributed by atoms with van der Waals surface area (Å²) >= 11 is 12.0. The average Bonchev–Trinajstić information content (AvgIpc) is 2.80. The first kappa shape index (κ1) is 24.4. The molecule has 0 unspecified atom stereocenters. The van der Waals surface area contributed by atoms with Crippen molar-refractivity contribution >= 4 is 45.0 Å². The number of sulfonamides is 1. The number of amides is 2. The highest BCUT2D eigenvalue weighted by Gasteiger charge is 2.33. The molecule has 11 heteroatoms. The van der Waals surface area contributed by atoms with Crippen molar-refractivity contribution in [3.8, 4) is 0 Å². The standard InChI is InChI=1S/C21H24Cl2N4O4S/c22-17-1-2-18(23)19(13-17)32(30,31)27-11-6-16(7-12-27)21(29)25-10-5-20(28)26-14-15-3-8-24-9-4-15/h1-4,8-9,13,16H,5-7,10-12,14H2,(H,25,29)(H,26,28). The van der Waals surface area contributed by atoms with Crippen LogP contribution in [0.5, 0.6) is 0 Å². The van der Waals surface area contributed by atoms with E-state index < -0.39 is 10.0 Å². The van der Waals surface area contributed by atoms with Crippen LogP contribution in [0.25, 0.3) is 0 Å². The maximum Gasteiger partial charge on any atom is 0.244 e. The third-order valence-corrected chi connectivity index (χ3v) is 7.84. The molecule has 1 aliphatic heterocycles. The van der Waals surface area contributed by atoms with E-state index in [1.807, 2.05) is 12.1 Å². The Morgan fingerprint density at radius 1 is 1.06 bits per heavy atom. The van der Waals surface area contributed by atoms with Crippen LogP contribution < -0.4 is 10.6 Å². The summed E-state index contributed by atoms with van der Waals surface area (Å²) in [6.07, 6.45) is 4.25. The van der Waals surface area contributed by atoms with Gasteiger partial charge < -0.3 is 10.6 Å². The summed E-state index contributed by atoms with van der Waals surface area (Å²) in [5.74, 6) is -0.651. The molecule has 8 nitrogen and oxygen atoms in total. The molecule has 0 radical (unpaired) electrons. The number of aromatic nitrogens is 1. The van der Waals surface area contributed by atoms with Gasteiger partial charge in [-0.3, -0.25) is 14.6 Å². The molecule has 1 saturated heterocycles. The lowest BCUT2D eigenvalue weighted by atomic mass is 9.97. The second kappa shape index (κ2) is 11.1. The number of nitrogens with zero attached hydrogens (tertiary/aromatic N) is 2. The van der Waals surface area contributed by atoms with Gasteiger partial charge in [-0.1, -0.05) is 23.2 Å². The first-order chi connectivity index (χ1) is 15.3. The molecule has 2 heterocycles. The maximum atomic E-state index is 12.9. The van der Waals surface area contributed by atoms with Crippen LogP contribution in [0.3, 0.4) is 0 Å². The van der Waals surface area contributed by atoms with Gasteiger partial charge in [-0.25, -0.2) is 8.42 Å². The van der Waals surface area contributed by atoms with Gasteiger partial charge in [0.15, 0.2) is 0 Å². The zero-order valence-corrected chi connectivity index (χ0v) is 19.6. The topological polar surface area (TPSA) is 108 Å². The van der Waals surface area contributed by atoms with Gasteiger partial charge in [0.1, 0.15) is 4.90 Å². The molecule has 0 atom stereocenters. The Labute approximate surface area is 197 Å². The lowest BCUT2D eigenvalue weighted by Crippen LogP contribution is -2.43. The van der Waals surface area contributed by atoms with E-state index >= 15 is 0 Å². The number of pyridine rings is 1. The fourth-order valence-corrected chi connectivity index (χ4v) is 5.61. The monoisotopic (exact) mass is 498 g/mol. The smallest absolute Gasteiger partial charge is 0.244 e. The molecule has 0 aliphatic carbocycles. The predicted molar refractivity (Wildman–Crippen MR) is 122 cm³/mol.